The highest BCUT2D eigenvalue weighted by Gasteiger charge is 2.15. The summed E-state index contributed by atoms with van der Waals surface area (Å²) in [4.78, 5) is 29.8. The van der Waals surface area contributed by atoms with E-state index in [1.54, 1.807) is 37.6 Å². The number of anilines is 1. The Hall–Kier alpha value is -3.93. The molecule has 0 saturated carbocycles. The maximum atomic E-state index is 12.9. The molecule has 0 saturated heterocycles. The minimum Gasteiger partial charge on any atom is -0.457 e. The molecule has 0 bridgehead atoms. The van der Waals surface area contributed by atoms with E-state index in [1.807, 2.05) is 50.2 Å². The van der Waals surface area contributed by atoms with Crippen molar-refractivity contribution in [2.24, 2.45) is 7.05 Å². The second-order valence-corrected chi connectivity index (χ2v) is 7.26. The van der Waals surface area contributed by atoms with Crippen LogP contribution in [0.1, 0.15) is 21.5 Å². The lowest BCUT2D eigenvalue weighted by Gasteiger charge is -2.13. The van der Waals surface area contributed by atoms with Crippen molar-refractivity contribution in [2.45, 2.75) is 13.8 Å². The quantitative estimate of drug-likeness (QED) is 0.545. The van der Waals surface area contributed by atoms with E-state index in [1.165, 1.54) is 4.57 Å². The highest BCUT2D eigenvalue weighted by molar-refractivity contribution is 6.07. The van der Waals surface area contributed by atoms with E-state index in [0.717, 1.165) is 11.1 Å². The molecule has 0 spiro atoms. The summed E-state index contributed by atoms with van der Waals surface area (Å²) < 4.78 is 7.53. The van der Waals surface area contributed by atoms with Crippen LogP contribution in [0.15, 0.2) is 71.8 Å². The van der Waals surface area contributed by atoms with Crippen molar-refractivity contribution in [3.05, 3.63) is 94.0 Å². The maximum absolute atomic E-state index is 12.9. The Bertz CT molecular complexity index is 1290. The number of rotatable bonds is 4. The molecule has 0 unspecified atom stereocenters. The monoisotopic (exact) mass is 399 g/mol. The zero-order chi connectivity index (χ0) is 21.3. The summed E-state index contributed by atoms with van der Waals surface area (Å²) in [5.74, 6) is 1.14. The molecule has 1 amide bonds. The summed E-state index contributed by atoms with van der Waals surface area (Å²) in [6.45, 7) is 3.92. The molecule has 2 heterocycles. The van der Waals surface area contributed by atoms with Gasteiger partial charge in [-0.3, -0.25) is 9.59 Å². The Morgan fingerprint density at radius 2 is 1.70 bits per heavy atom. The number of carbonyl (C=O) groups excluding carboxylic acids is 1. The Morgan fingerprint density at radius 1 is 0.967 bits per heavy atom. The largest absolute Gasteiger partial charge is 0.457 e. The van der Waals surface area contributed by atoms with Gasteiger partial charge < -0.3 is 14.6 Å². The Kier molecular flexibility index (Phi) is 5.06. The highest BCUT2D eigenvalue weighted by Crippen LogP contribution is 2.30. The minimum absolute atomic E-state index is 0.204. The van der Waals surface area contributed by atoms with Gasteiger partial charge in [0, 0.05) is 30.4 Å². The lowest BCUT2D eigenvalue weighted by atomic mass is 10.1. The number of carbonyl (C=O) groups is 1. The number of pyridine rings is 2. The third-order valence-corrected chi connectivity index (χ3v) is 4.82. The van der Waals surface area contributed by atoms with E-state index in [9.17, 15) is 9.59 Å². The van der Waals surface area contributed by atoms with Crippen molar-refractivity contribution in [1.82, 2.24) is 9.55 Å². The van der Waals surface area contributed by atoms with Crippen LogP contribution in [0, 0.1) is 13.8 Å². The van der Waals surface area contributed by atoms with Crippen molar-refractivity contribution in [3.8, 4) is 11.5 Å². The second kappa shape index (κ2) is 7.83. The second-order valence-electron chi connectivity index (χ2n) is 7.26. The van der Waals surface area contributed by atoms with E-state index in [4.69, 9.17) is 4.74 Å². The fraction of sp³-hybridized carbons (Fsp3) is 0.125. The number of nitrogens with one attached hydrogen (secondary N) is 1. The zero-order valence-electron chi connectivity index (χ0n) is 17.0. The van der Waals surface area contributed by atoms with E-state index < -0.39 is 0 Å². The molecule has 0 fully saturated rings. The molecule has 4 aromatic rings. The van der Waals surface area contributed by atoms with E-state index >= 15 is 0 Å². The predicted molar refractivity (Wildman–Crippen MR) is 117 cm³/mol. The molecule has 0 atom stereocenters. The van der Waals surface area contributed by atoms with Crippen LogP contribution in [-0.2, 0) is 7.05 Å². The van der Waals surface area contributed by atoms with Crippen LogP contribution in [0.3, 0.4) is 0 Å². The van der Waals surface area contributed by atoms with Gasteiger partial charge in [0.05, 0.1) is 5.39 Å². The number of nitrogens with zero attached hydrogens (tertiary/aromatic N) is 2. The van der Waals surface area contributed by atoms with Gasteiger partial charge in [0.2, 0.25) is 0 Å². The lowest BCUT2D eigenvalue weighted by Crippen LogP contribution is -2.18. The van der Waals surface area contributed by atoms with Gasteiger partial charge in [0.15, 0.2) is 0 Å². The van der Waals surface area contributed by atoms with E-state index in [2.05, 4.69) is 10.3 Å². The van der Waals surface area contributed by atoms with Crippen LogP contribution in [0.5, 0.6) is 11.5 Å². The number of hydrogen-bond donors (Lipinski definition) is 1. The van der Waals surface area contributed by atoms with Crippen LogP contribution in [0.25, 0.3) is 10.8 Å². The van der Waals surface area contributed by atoms with Gasteiger partial charge in [-0.1, -0.05) is 23.8 Å². The third kappa shape index (κ3) is 3.93. The van der Waals surface area contributed by atoms with E-state index in [0.29, 0.717) is 33.7 Å². The van der Waals surface area contributed by atoms with Crippen LogP contribution in [0.2, 0.25) is 0 Å². The lowest BCUT2D eigenvalue weighted by molar-refractivity contribution is 0.102. The van der Waals surface area contributed by atoms with Crippen LogP contribution >= 0.6 is 0 Å². The Morgan fingerprint density at radius 3 is 2.40 bits per heavy atom. The van der Waals surface area contributed by atoms with Crippen molar-refractivity contribution in [2.75, 3.05) is 5.32 Å². The van der Waals surface area contributed by atoms with Gasteiger partial charge in [-0.05, 0) is 55.8 Å². The highest BCUT2D eigenvalue weighted by atomic mass is 16.5. The third-order valence-electron chi connectivity index (χ3n) is 4.82. The summed E-state index contributed by atoms with van der Waals surface area (Å²) >= 11 is 0. The summed E-state index contributed by atoms with van der Waals surface area (Å²) in [6.07, 6.45) is 3.36. The maximum Gasteiger partial charge on any atom is 0.258 e. The molecule has 0 aliphatic carbocycles. The smallest absolute Gasteiger partial charge is 0.258 e. The molecule has 1 N–H and O–H groups in total. The summed E-state index contributed by atoms with van der Waals surface area (Å²) in [5.41, 5.74) is 2.22. The Labute approximate surface area is 173 Å². The molecular formula is C24H21N3O3. The standard InChI is InChI=1S/C24H21N3O3/c1-15-4-7-18(8-5-15)30-21-13-17(12-20-19(21)10-11-27(3)24(20)29)23(28)26-22-9-6-16(2)14-25-22/h4-14H,1-3H3,(H,25,26,28). The van der Waals surface area contributed by atoms with Gasteiger partial charge in [0.25, 0.3) is 11.5 Å². The van der Waals surface area contributed by atoms with E-state index in [-0.39, 0.29) is 11.5 Å². The number of benzene rings is 2. The molecule has 4 rings (SSSR count). The first-order chi connectivity index (χ1) is 14.4. The molecule has 30 heavy (non-hydrogen) atoms. The molecule has 0 aliphatic rings. The average Bonchev–Trinajstić information content (AvgIpc) is 2.74. The first kappa shape index (κ1) is 19.4. The summed E-state index contributed by atoms with van der Waals surface area (Å²) in [6, 6.07) is 16.2. The minimum atomic E-state index is -0.368. The summed E-state index contributed by atoms with van der Waals surface area (Å²) in [5, 5.41) is 3.82. The molecule has 150 valence electrons. The first-order valence-electron chi connectivity index (χ1n) is 9.52. The number of ether oxygens (including phenoxy) is 1. The topological polar surface area (TPSA) is 73.2 Å². The molecular weight excluding hydrogens is 378 g/mol. The van der Waals surface area contributed by atoms with Crippen molar-refractivity contribution < 1.29 is 9.53 Å². The van der Waals surface area contributed by atoms with Gasteiger partial charge in [-0.15, -0.1) is 0 Å². The van der Waals surface area contributed by atoms with Crippen LogP contribution in [0.4, 0.5) is 5.82 Å². The Balaban J connectivity index is 1.78. The van der Waals surface area contributed by atoms with Gasteiger partial charge in [0.1, 0.15) is 17.3 Å². The fourth-order valence-electron chi connectivity index (χ4n) is 3.10. The number of aromatic nitrogens is 2. The van der Waals surface area contributed by atoms with Crippen molar-refractivity contribution in [3.63, 3.8) is 0 Å². The number of fused-ring (bicyclic) bond motifs is 1. The van der Waals surface area contributed by atoms with Crippen molar-refractivity contribution in [1.29, 1.82) is 0 Å². The molecule has 2 aromatic heterocycles. The number of hydrogen-bond acceptors (Lipinski definition) is 4. The zero-order valence-corrected chi connectivity index (χ0v) is 17.0. The summed E-state index contributed by atoms with van der Waals surface area (Å²) in [7, 11) is 1.67. The molecule has 6 nitrogen and oxygen atoms in total. The molecule has 0 radical (unpaired) electrons. The average molecular weight is 399 g/mol. The normalized spacial score (nSPS) is 10.8. The SMILES string of the molecule is Cc1ccc(Oc2cc(C(=O)Nc3ccc(C)cn3)cc3c(=O)n(C)ccc23)cc1. The molecule has 2 aromatic carbocycles. The van der Waals surface area contributed by atoms with Gasteiger partial charge >= 0.3 is 0 Å². The van der Waals surface area contributed by atoms with Gasteiger partial charge in [-0.25, -0.2) is 4.98 Å². The first-order valence-corrected chi connectivity index (χ1v) is 9.52. The van der Waals surface area contributed by atoms with Crippen LogP contribution < -0.4 is 15.6 Å². The van der Waals surface area contributed by atoms with Gasteiger partial charge in [-0.2, -0.15) is 0 Å². The fourth-order valence-corrected chi connectivity index (χ4v) is 3.10. The predicted octanol–water partition coefficient (Wildman–Crippen LogP) is 4.59. The molecule has 6 heteroatoms. The van der Waals surface area contributed by atoms with Crippen LogP contribution in [-0.4, -0.2) is 15.5 Å². The number of amides is 1. The number of aryl methyl sites for hydroxylation is 3. The molecule has 0 aliphatic heterocycles. The van der Waals surface area contributed by atoms with Crippen molar-refractivity contribution >= 4 is 22.5 Å².